The molecule has 9 heavy (non-hydrogen) atoms. The molecule has 0 unspecified atom stereocenters. The van der Waals surface area contributed by atoms with Crippen molar-refractivity contribution in [3.63, 3.8) is 0 Å². The smallest absolute Gasteiger partial charge is 0.250 e. The van der Waals surface area contributed by atoms with Gasteiger partial charge in [0, 0.05) is 6.54 Å². The SMILES string of the molecule is CCN1NC(=O)CC1=O. The molecular weight excluding hydrogens is 120 g/mol. The first-order valence-corrected chi connectivity index (χ1v) is 2.84. The number of carbonyl (C=O) groups excluding carboxylic acids is 2. The molecule has 4 heteroatoms. The topological polar surface area (TPSA) is 49.4 Å². The third-order valence-corrected chi connectivity index (χ3v) is 1.19. The van der Waals surface area contributed by atoms with Gasteiger partial charge in [0.2, 0.25) is 11.8 Å². The lowest BCUT2D eigenvalue weighted by Gasteiger charge is -2.10. The van der Waals surface area contributed by atoms with Crippen LogP contribution in [0.25, 0.3) is 0 Å². The normalized spacial score (nSPS) is 18.6. The summed E-state index contributed by atoms with van der Waals surface area (Å²) in [5, 5.41) is 1.31. The Hall–Kier alpha value is -1.06. The van der Waals surface area contributed by atoms with Gasteiger partial charge in [-0.2, -0.15) is 0 Å². The van der Waals surface area contributed by atoms with Gasteiger partial charge in [0.15, 0.2) is 0 Å². The molecule has 0 aromatic rings. The van der Waals surface area contributed by atoms with E-state index in [0.29, 0.717) is 6.54 Å². The Morgan fingerprint density at radius 1 is 1.67 bits per heavy atom. The third-order valence-electron chi connectivity index (χ3n) is 1.19. The minimum absolute atomic E-state index is 0.00778. The highest BCUT2D eigenvalue weighted by molar-refractivity contribution is 6.01. The molecule has 0 atom stereocenters. The number of hydrogen-bond donors (Lipinski definition) is 1. The highest BCUT2D eigenvalue weighted by atomic mass is 16.2. The van der Waals surface area contributed by atoms with Crippen molar-refractivity contribution in [3.8, 4) is 0 Å². The molecule has 0 spiro atoms. The molecule has 1 saturated heterocycles. The van der Waals surface area contributed by atoms with Gasteiger partial charge in [0.05, 0.1) is 0 Å². The Kier molecular flexibility index (Phi) is 1.38. The molecule has 1 aliphatic rings. The molecule has 1 aliphatic heterocycles. The zero-order chi connectivity index (χ0) is 6.85. The predicted octanol–water partition coefficient (Wildman–Crippen LogP) is -0.730. The quantitative estimate of drug-likeness (QED) is 0.473. The van der Waals surface area contributed by atoms with E-state index in [1.165, 1.54) is 5.01 Å². The van der Waals surface area contributed by atoms with Crippen molar-refractivity contribution in [3.05, 3.63) is 0 Å². The lowest BCUT2D eigenvalue weighted by Crippen LogP contribution is -2.35. The summed E-state index contributed by atoms with van der Waals surface area (Å²) in [4.78, 5) is 21.1. The van der Waals surface area contributed by atoms with Gasteiger partial charge in [-0.05, 0) is 6.92 Å². The van der Waals surface area contributed by atoms with Gasteiger partial charge < -0.3 is 0 Å². The average molecular weight is 128 g/mol. The van der Waals surface area contributed by atoms with Gasteiger partial charge in [-0.1, -0.05) is 0 Å². The standard InChI is InChI=1S/C5H8N2O2/c1-2-7-5(9)3-4(8)6-7/h2-3H2,1H3,(H,6,8). The monoisotopic (exact) mass is 128 g/mol. The minimum Gasteiger partial charge on any atom is -0.273 e. The zero-order valence-corrected chi connectivity index (χ0v) is 5.18. The molecule has 1 rings (SSSR count). The summed E-state index contributed by atoms with van der Waals surface area (Å²) in [6, 6.07) is 0. The first-order chi connectivity index (χ1) is 4.24. The van der Waals surface area contributed by atoms with Crippen molar-refractivity contribution in [1.29, 1.82) is 0 Å². The summed E-state index contributed by atoms with van der Waals surface area (Å²) >= 11 is 0. The van der Waals surface area contributed by atoms with Gasteiger partial charge in [0.25, 0.3) is 0 Å². The Morgan fingerprint density at radius 3 is 2.56 bits per heavy atom. The van der Waals surface area contributed by atoms with Crippen LogP contribution in [0.5, 0.6) is 0 Å². The second kappa shape index (κ2) is 2.05. The molecule has 0 aliphatic carbocycles. The Labute approximate surface area is 52.8 Å². The summed E-state index contributed by atoms with van der Waals surface area (Å²) < 4.78 is 0. The molecule has 50 valence electrons. The average Bonchev–Trinajstić information content (AvgIpc) is 2.10. The number of hydrazine groups is 1. The van der Waals surface area contributed by atoms with Crippen molar-refractivity contribution in [1.82, 2.24) is 10.4 Å². The van der Waals surface area contributed by atoms with Crippen molar-refractivity contribution >= 4 is 11.8 Å². The summed E-state index contributed by atoms with van der Waals surface area (Å²) in [7, 11) is 0. The maximum absolute atomic E-state index is 10.7. The number of amides is 2. The summed E-state index contributed by atoms with van der Waals surface area (Å²) in [6.07, 6.45) is 0.00778. The molecule has 0 radical (unpaired) electrons. The Bertz CT molecular complexity index is 155. The molecular formula is C5H8N2O2. The zero-order valence-electron chi connectivity index (χ0n) is 5.18. The summed E-state index contributed by atoms with van der Waals surface area (Å²) in [6.45, 7) is 2.36. The molecule has 0 bridgehead atoms. The van der Waals surface area contributed by atoms with Gasteiger partial charge in [-0.25, -0.2) is 0 Å². The van der Waals surface area contributed by atoms with Gasteiger partial charge in [-0.3, -0.25) is 20.0 Å². The van der Waals surface area contributed by atoms with Crippen LogP contribution in [0.15, 0.2) is 0 Å². The van der Waals surface area contributed by atoms with Crippen molar-refractivity contribution in [2.24, 2.45) is 0 Å². The first-order valence-electron chi connectivity index (χ1n) is 2.84. The van der Waals surface area contributed by atoms with E-state index < -0.39 is 0 Å². The third kappa shape index (κ3) is 1.01. The number of hydrogen-bond acceptors (Lipinski definition) is 2. The molecule has 0 aromatic carbocycles. The summed E-state index contributed by atoms with van der Waals surface area (Å²) in [5.74, 6) is -0.343. The second-order valence-corrected chi connectivity index (χ2v) is 1.85. The fourth-order valence-electron chi connectivity index (χ4n) is 0.741. The van der Waals surface area contributed by atoms with E-state index in [1.807, 2.05) is 6.92 Å². The van der Waals surface area contributed by atoms with Crippen LogP contribution in [0, 0.1) is 0 Å². The second-order valence-electron chi connectivity index (χ2n) is 1.85. The first kappa shape index (κ1) is 6.07. The van der Waals surface area contributed by atoms with Crippen LogP contribution in [0.3, 0.4) is 0 Å². The molecule has 2 amide bonds. The molecule has 1 fully saturated rings. The van der Waals surface area contributed by atoms with E-state index in [-0.39, 0.29) is 18.2 Å². The molecule has 4 nitrogen and oxygen atoms in total. The van der Waals surface area contributed by atoms with Crippen LogP contribution in [0.2, 0.25) is 0 Å². The largest absolute Gasteiger partial charge is 0.273 e. The van der Waals surface area contributed by atoms with E-state index in [0.717, 1.165) is 0 Å². The van der Waals surface area contributed by atoms with Gasteiger partial charge in [0.1, 0.15) is 6.42 Å². The van der Waals surface area contributed by atoms with Crippen LogP contribution < -0.4 is 5.43 Å². The van der Waals surface area contributed by atoms with Gasteiger partial charge in [-0.15, -0.1) is 0 Å². The highest BCUT2D eigenvalue weighted by Crippen LogP contribution is 1.98. The van der Waals surface area contributed by atoms with E-state index in [4.69, 9.17) is 0 Å². The van der Waals surface area contributed by atoms with Crippen molar-refractivity contribution < 1.29 is 9.59 Å². The molecule has 1 N–H and O–H groups in total. The molecule has 1 heterocycles. The lowest BCUT2D eigenvalue weighted by molar-refractivity contribution is -0.129. The van der Waals surface area contributed by atoms with E-state index in [1.54, 1.807) is 0 Å². The maximum Gasteiger partial charge on any atom is 0.250 e. The van der Waals surface area contributed by atoms with Crippen LogP contribution in [-0.4, -0.2) is 23.4 Å². The fraction of sp³-hybridized carbons (Fsp3) is 0.600. The Balaban J connectivity index is 2.58. The fourth-order valence-corrected chi connectivity index (χ4v) is 0.741. The van der Waals surface area contributed by atoms with E-state index >= 15 is 0 Å². The number of nitrogens with zero attached hydrogens (tertiary/aromatic N) is 1. The number of rotatable bonds is 1. The van der Waals surface area contributed by atoms with Crippen LogP contribution in [-0.2, 0) is 9.59 Å². The minimum atomic E-state index is -0.207. The van der Waals surface area contributed by atoms with Gasteiger partial charge >= 0.3 is 0 Å². The van der Waals surface area contributed by atoms with Crippen molar-refractivity contribution in [2.75, 3.05) is 6.54 Å². The van der Waals surface area contributed by atoms with Crippen molar-refractivity contribution in [2.45, 2.75) is 13.3 Å². The maximum atomic E-state index is 10.7. The lowest BCUT2D eigenvalue weighted by atomic mass is 10.4. The molecule has 0 saturated carbocycles. The predicted molar refractivity (Wildman–Crippen MR) is 30.1 cm³/mol. The Morgan fingerprint density at radius 2 is 2.33 bits per heavy atom. The molecule has 0 aromatic heterocycles. The number of nitrogens with one attached hydrogen (secondary N) is 1. The van der Waals surface area contributed by atoms with E-state index in [9.17, 15) is 9.59 Å². The number of carbonyl (C=O) groups is 2. The van der Waals surface area contributed by atoms with Crippen LogP contribution >= 0.6 is 0 Å². The highest BCUT2D eigenvalue weighted by Gasteiger charge is 2.24. The van der Waals surface area contributed by atoms with Crippen LogP contribution in [0.1, 0.15) is 13.3 Å². The van der Waals surface area contributed by atoms with E-state index in [2.05, 4.69) is 5.43 Å². The van der Waals surface area contributed by atoms with Crippen LogP contribution in [0.4, 0.5) is 0 Å². The summed E-state index contributed by atoms with van der Waals surface area (Å²) in [5.41, 5.74) is 2.40.